The van der Waals surface area contributed by atoms with E-state index in [-0.39, 0.29) is 18.7 Å². The fourth-order valence-electron chi connectivity index (χ4n) is 4.33. The predicted octanol–water partition coefficient (Wildman–Crippen LogP) is -6.94. The van der Waals surface area contributed by atoms with Crippen molar-refractivity contribution < 1.29 is 63.0 Å². The van der Waals surface area contributed by atoms with E-state index >= 15 is 0 Å². The van der Waals surface area contributed by atoms with Gasteiger partial charge in [0.1, 0.15) is 42.5 Å². The van der Waals surface area contributed by atoms with Crippen LogP contribution in [0.2, 0.25) is 0 Å². The highest BCUT2D eigenvalue weighted by Crippen LogP contribution is 2.11. The maximum absolute atomic E-state index is 13.1. The van der Waals surface area contributed by atoms with E-state index in [4.69, 9.17) is 10.8 Å². The lowest BCUT2D eigenvalue weighted by Crippen LogP contribution is -2.54. The van der Waals surface area contributed by atoms with Crippen LogP contribution < -0.4 is 58.9 Å². The molecule has 0 fully saturated rings. The van der Waals surface area contributed by atoms with Gasteiger partial charge < -0.3 is 69.1 Å². The van der Waals surface area contributed by atoms with E-state index in [1.807, 2.05) is 0 Å². The number of phenols is 1. The van der Waals surface area contributed by atoms with Crippen molar-refractivity contribution >= 4 is 65.0 Å². The van der Waals surface area contributed by atoms with Crippen molar-refractivity contribution in [3.05, 3.63) is 29.8 Å². The Kier molecular flexibility index (Phi) is 20.7. The smallest absolute Gasteiger partial charge is 0.322 e. The first-order chi connectivity index (χ1) is 26.7. The third kappa shape index (κ3) is 19.9. The summed E-state index contributed by atoms with van der Waals surface area (Å²) in [7, 11) is 0. The Hall–Kier alpha value is -6.85. The van der Waals surface area contributed by atoms with Crippen molar-refractivity contribution in [1.82, 2.24) is 53.2 Å². The van der Waals surface area contributed by atoms with Crippen LogP contribution in [-0.4, -0.2) is 145 Å². The van der Waals surface area contributed by atoms with Crippen molar-refractivity contribution in [2.75, 3.05) is 39.3 Å². The fraction of sp³-hybridized carbons (Fsp3) is 0.485. The minimum absolute atomic E-state index is 0.0638. The molecule has 1 rings (SSSR count). The number of carbonyl (C=O) groups is 11. The summed E-state index contributed by atoms with van der Waals surface area (Å²) >= 11 is 0. The second-order valence-corrected chi connectivity index (χ2v) is 12.3. The van der Waals surface area contributed by atoms with E-state index in [1.165, 1.54) is 52.0 Å². The molecule has 24 nitrogen and oxygen atoms in total. The van der Waals surface area contributed by atoms with Crippen molar-refractivity contribution in [3.8, 4) is 5.75 Å². The molecular formula is C33H49N11O13. The molecule has 57 heavy (non-hydrogen) atoms. The number of carboxylic acid groups (broad SMARTS) is 1. The van der Waals surface area contributed by atoms with E-state index < -0.39 is 128 Å². The lowest BCUT2D eigenvalue weighted by molar-refractivity contribution is -0.138. The van der Waals surface area contributed by atoms with Crippen LogP contribution in [0.4, 0.5) is 0 Å². The minimum Gasteiger partial charge on any atom is -0.508 e. The molecule has 10 amide bonds. The van der Waals surface area contributed by atoms with Gasteiger partial charge in [-0.3, -0.25) is 52.7 Å². The summed E-state index contributed by atoms with van der Waals surface area (Å²) in [5.41, 5.74) is 5.67. The zero-order chi connectivity index (χ0) is 43.2. The van der Waals surface area contributed by atoms with Gasteiger partial charge in [0.05, 0.1) is 32.7 Å². The zero-order valence-corrected chi connectivity index (χ0v) is 31.6. The Labute approximate surface area is 325 Å². The number of phenolic OH excluding ortho intramolecular Hbond substituents is 1. The highest BCUT2D eigenvalue weighted by molar-refractivity contribution is 5.96. The van der Waals surface area contributed by atoms with E-state index in [1.54, 1.807) is 0 Å². The number of benzene rings is 1. The first-order valence-electron chi connectivity index (χ1n) is 17.3. The van der Waals surface area contributed by atoms with E-state index in [2.05, 4.69) is 53.2 Å². The number of carbonyl (C=O) groups excluding carboxylic acids is 10. The van der Waals surface area contributed by atoms with Crippen molar-refractivity contribution in [3.63, 3.8) is 0 Å². The zero-order valence-electron chi connectivity index (χ0n) is 31.6. The number of nitrogens with one attached hydrogen (secondary N) is 10. The van der Waals surface area contributed by atoms with Crippen LogP contribution in [0.25, 0.3) is 0 Å². The van der Waals surface area contributed by atoms with Gasteiger partial charge in [-0.25, -0.2) is 0 Å². The van der Waals surface area contributed by atoms with Gasteiger partial charge in [0.2, 0.25) is 59.1 Å². The third-order valence-electron chi connectivity index (χ3n) is 7.40. The highest BCUT2D eigenvalue weighted by Gasteiger charge is 2.25. The summed E-state index contributed by atoms with van der Waals surface area (Å²) < 4.78 is 0. The molecule has 5 atom stereocenters. The lowest BCUT2D eigenvalue weighted by atomic mass is 10.0. The van der Waals surface area contributed by atoms with Gasteiger partial charge in [0, 0.05) is 6.42 Å². The predicted molar refractivity (Wildman–Crippen MR) is 196 cm³/mol. The van der Waals surface area contributed by atoms with Crippen molar-refractivity contribution in [2.45, 2.75) is 64.3 Å². The largest absolute Gasteiger partial charge is 0.508 e. The number of aromatic hydroxyl groups is 1. The standard InChI is InChI=1S/C33H49N11O13/c1-16(40-23(46)10-34)29(53)35-11-24(47)41-18(3)31(55)37-14-27(50)44-22(9-20-5-7-21(45)8-6-20)33(57)38-13-26(49)42-17(2)30(54)36-12-25(48)43-19(4)32(56)39-15-28(51)52/h5-8,16-19,22,45H,9-15,34H2,1-4H3,(H,35,53)(H,36,54)(H,37,55)(H,38,57)(H,39,56)(H,40,46)(H,41,47)(H,42,49)(H,43,48)(H,44,50)(H,51,52)/t16-,17-,18-,19-,22-/m0/s1. The number of hydrogen-bond acceptors (Lipinski definition) is 13. The molecule has 1 aromatic carbocycles. The molecule has 1 aromatic rings. The maximum atomic E-state index is 13.1. The molecule has 0 aliphatic carbocycles. The van der Waals surface area contributed by atoms with E-state index in [0.717, 1.165) is 0 Å². The summed E-state index contributed by atoms with van der Waals surface area (Å²) in [4.78, 5) is 133. The molecule has 0 heterocycles. The fourth-order valence-corrected chi connectivity index (χ4v) is 4.33. The molecule has 0 aliphatic rings. The van der Waals surface area contributed by atoms with Crippen LogP contribution in [0.5, 0.6) is 5.75 Å². The molecule has 14 N–H and O–H groups in total. The average molecular weight is 808 g/mol. The summed E-state index contributed by atoms with van der Waals surface area (Å²) in [5, 5.41) is 41.1. The molecule has 24 heteroatoms. The molecule has 0 saturated carbocycles. The van der Waals surface area contributed by atoms with Crippen LogP contribution in [0.15, 0.2) is 24.3 Å². The van der Waals surface area contributed by atoms with Crippen LogP contribution in [0, 0.1) is 0 Å². The van der Waals surface area contributed by atoms with Crippen molar-refractivity contribution in [1.29, 1.82) is 0 Å². The molecule has 0 spiro atoms. The van der Waals surface area contributed by atoms with Gasteiger partial charge in [0.15, 0.2) is 0 Å². The summed E-state index contributed by atoms with van der Waals surface area (Å²) in [6.45, 7) is 1.86. The lowest BCUT2D eigenvalue weighted by Gasteiger charge is -2.20. The summed E-state index contributed by atoms with van der Waals surface area (Å²) in [6.07, 6.45) is -0.124. The maximum Gasteiger partial charge on any atom is 0.322 e. The first-order valence-corrected chi connectivity index (χ1v) is 17.3. The van der Waals surface area contributed by atoms with Gasteiger partial charge in [-0.05, 0) is 45.4 Å². The van der Waals surface area contributed by atoms with E-state index in [0.29, 0.717) is 5.56 Å². The minimum atomic E-state index is -1.31. The molecule has 0 bridgehead atoms. The van der Waals surface area contributed by atoms with Crippen LogP contribution >= 0.6 is 0 Å². The average Bonchev–Trinajstić information content (AvgIpc) is 3.16. The Morgan fingerprint density at radius 3 is 1.16 bits per heavy atom. The van der Waals surface area contributed by atoms with Gasteiger partial charge in [-0.1, -0.05) is 12.1 Å². The molecule has 0 aromatic heterocycles. The number of carboxylic acids is 1. The normalized spacial score (nSPS) is 13.0. The quantitative estimate of drug-likeness (QED) is 0.0489. The molecular weight excluding hydrogens is 758 g/mol. The SMILES string of the molecule is C[C@H](NC(=O)CN)C(=O)NCC(=O)N[C@@H](C)C(=O)NCC(=O)N[C@@H](Cc1ccc(O)cc1)C(=O)NCC(=O)N[C@@H](C)C(=O)NCC(=O)N[C@@H](C)C(=O)NCC(=O)O. The first kappa shape index (κ1) is 48.2. The van der Waals surface area contributed by atoms with Crippen molar-refractivity contribution in [2.24, 2.45) is 5.73 Å². The Morgan fingerprint density at radius 1 is 0.491 bits per heavy atom. The number of aliphatic carboxylic acids is 1. The second-order valence-electron chi connectivity index (χ2n) is 12.3. The molecule has 0 aliphatic heterocycles. The van der Waals surface area contributed by atoms with Gasteiger partial charge in [-0.2, -0.15) is 0 Å². The second kappa shape index (κ2) is 24.5. The summed E-state index contributed by atoms with van der Waals surface area (Å²) in [5.74, 6) is -9.01. The topological polar surface area (TPSA) is 375 Å². The van der Waals surface area contributed by atoms with Crippen LogP contribution in [0.3, 0.4) is 0 Å². The Bertz CT molecular complexity index is 1660. The third-order valence-corrected chi connectivity index (χ3v) is 7.40. The molecule has 0 saturated heterocycles. The molecule has 0 unspecified atom stereocenters. The van der Waals surface area contributed by atoms with Crippen LogP contribution in [0.1, 0.15) is 33.3 Å². The number of amides is 10. The van der Waals surface area contributed by atoms with Gasteiger partial charge >= 0.3 is 5.97 Å². The monoisotopic (exact) mass is 807 g/mol. The van der Waals surface area contributed by atoms with E-state index in [9.17, 15) is 57.8 Å². The number of rotatable bonds is 23. The Balaban J connectivity index is 2.67. The van der Waals surface area contributed by atoms with Gasteiger partial charge in [0.25, 0.3) is 0 Å². The highest BCUT2D eigenvalue weighted by atomic mass is 16.4. The number of nitrogens with two attached hydrogens (primary N) is 1. The number of hydrogen-bond donors (Lipinski definition) is 13. The summed E-state index contributed by atoms with van der Waals surface area (Å²) in [6, 6.07) is -0.101. The van der Waals surface area contributed by atoms with Gasteiger partial charge in [-0.15, -0.1) is 0 Å². The molecule has 0 radical (unpaired) electrons. The van der Waals surface area contributed by atoms with Crippen LogP contribution in [-0.2, 0) is 59.2 Å². The Morgan fingerprint density at radius 2 is 0.807 bits per heavy atom. The molecule has 314 valence electrons.